The van der Waals surface area contributed by atoms with Gasteiger partial charge in [-0.3, -0.25) is 0 Å². The molecule has 0 aliphatic heterocycles. The fraction of sp³-hybridized carbons (Fsp3) is 0.182. The maximum Gasteiger partial charge on any atom is 0.371 e. The van der Waals surface area contributed by atoms with Gasteiger partial charge in [0.1, 0.15) is 17.1 Å². The predicted molar refractivity (Wildman–Crippen MR) is 104 cm³/mol. The highest BCUT2D eigenvalue weighted by Crippen LogP contribution is 2.33. The normalized spacial score (nSPS) is 12.4. The van der Waals surface area contributed by atoms with Crippen LogP contribution in [0, 0.1) is 0 Å². The molecule has 142 valence electrons. The van der Waals surface area contributed by atoms with Gasteiger partial charge in [-0.25, -0.2) is 9.59 Å². The van der Waals surface area contributed by atoms with E-state index < -0.39 is 17.7 Å². The van der Waals surface area contributed by atoms with Gasteiger partial charge in [0.25, 0.3) is 0 Å². The summed E-state index contributed by atoms with van der Waals surface area (Å²) in [4.78, 5) is 23.3. The summed E-state index contributed by atoms with van der Waals surface area (Å²) in [6, 6.07) is 14.0. The van der Waals surface area contributed by atoms with E-state index in [1.165, 1.54) is 6.07 Å². The summed E-state index contributed by atoms with van der Waals surface area (Å²) in [5.74, 6) is -0.307. The van der Waals surface area contributed by atoms with E-state index in [-0.39, 0.29) is 5.76 Å². The topological polar surface area (TPSA) is 89.9 Å². The van der Waals surface area contributed by atoms with Gasteiger partial charge in [-0.05, 0) is 48.6 Å². The summed E-state index contributed by atoms with van der Waals surface area (Å²) in [6.07, 6.45) is 0.201. The SMILES string of the molecule is CCc1cc2c(cc1OC(C)c1ccc(C(=O)O)o1)oc(=O)c1ccccc12. The number of furan rings is 1. The molecule has 28 heavy (non-hydrogen) atoms. The first-order valence-electron chi connectivity index (χ1n) is 8.96. The monoisotopic (exact) mass is 378 g/mol. The summed E-state index contributed by atoms with van der Waals surface area (Å²) in [7, 11) is 0. The molecule has 0 bridgehead atoms. The lowest BCUT2D eigenvalue weighted by atomic mass is 10.0. The average molecular weight is 378 g/mol. The van der Waals surface area contributed by atoms with Crippen molar-refractivity contribution >= 4 is 27.7 Å². The Morgan fingerprint density at radius 3 is 2.50 bits per heavy atom. The fourth-order valence-electron chi connectivity index (χ4n) is 3.27. The predicted octanol–water partition coefficient (Wildman–Crippen LogP) is 4.94. The van der Waals surface area contributed by atoms with Crippen LogP contribution >= 0.6 is 0 Å². The van der Waals surface area contributed by atoms with Crippen molar-refractivity contribution in [2.24, 2.45) is 0 Å². The molecular formula is C22H18O6. The molecule has 0 amide bonds. The number of aryl methyl sites for hydroxylation is 1. The molecule has 2 aromatic carbocycles. The first-order valence-corrected chi connectivity index (χ1v) is 8.96. The molecule has 6 nitrogen and oxygen atoms in total. The number of aromatic carboxylic acids is 1. The summed E-state index contributed by atoms with van der Waals surface area (Å²) in [5, 5.41) is 11.2. The Morgan fingerprint density at radius 2 is 1.82 bits per heavy atom. The molecule has 0 fully saturated rings. The van der Waals surface area contributed by atoms with Gasteiger partial charge >= 0.3 is 11.6 Å². The van der Waals surface area contributed by atoms with Gasteiger partial charge in [-0.1, -0.05) is 25.1 Å². The van der Waals surface area contributed by atoms with Crippen molar-refractivity contribution < 1.29 is 23.5 Å². The largest absolute Gasteiger partial charge is 0.482 e. The van der Waals surface area contributed by atoms with E-state index in [2.05, 4.69) is 0 Å². The van der Waals surface area contributed by atoms with Crippen LogP contribution in [0.25, 0.3) is 21.7 Å². The molecule has 1 unspecified atom stereocenters. The Morgan fingerprint density at radius 1 is 1.07 bits per heavy atom. The van der Waals surface area contributed by atoms with Crippen molar-refractivity contribution in [2.75, 3.05) is 0 Å². The van der Waals surface area contributed by atoms with E-state index in [4.69, 9.17) is 18.7 Å². The molecule has 0 saturated heterocycles. The van der Waals surface area contributed by atoms with Gasteiger partial charge in [-0.2, -0.15) is 0 Å². The molecule has 4 aromatic rings. The van der Waals surface area contributed by atoms with Gasteiger partial charge in [-0.15, -0.1) is 0 Å². The number of carbonyl (C=O) groups is 1. The van der Waals surface area contributed by atoms with E-state index in [9.17, 15) is 9.59 Å². The minimum Gasteiger partial charge on any atom is -0.482 e. The van der Waals surface area contributed by atoms with E-state index >= 15 is 0 Å². The van der Waals surface area contributed by atoms with Gasteiger partial charge in [0, 0.05) is 11.5 Å². The van der Waals surface area contributed by atoms with Gasteiger partial charge < -0.3 is 18.7 Å². The lowest BCUT2D eigenvalue weighted by Gasteiger charge is -2.16. The molecule has 0 aliphatic rings. The van der Waals surface area contributed by atoms with Crippen LogP contribution in [0.3, 0.4) is 0 Å². The molecule has 0 saturated carbocycles. The Balaban J connectivity index is 1.79. The van der Waals surface area contributed by atoms with Crippen LogP contribution in [0.4, 0.5) is 0 Å². The maximum atomic E-state index is 12.3. The molecule has 1 atom stereocenters. The Labute approximate surface area is 160 Å². The van der Waals surface area contributed by atoms with Gasteiger partial charge in [0.15, 0.2) is 6.10 Å². The average Bonchev–Trinajstić information content (AvgIpc) is 3.19. The minimum atomic E-state index is -1.13. The van der Waals surface area contributed by atoms with Crippen molar-refractivity contribution in [1.29, 1.82) is 0 Å². The number of benzene rings is 2. The number of carboxylic acids is 1. The van der Waals surface area contributed by atoms with Crippen LogP contribution in [0.1, 0.15) is 41.8 Å². The molecule has 1 N–H and O–H groups in total. The third-order valence-electron chi connectivity index (χ3n) is 4.73. The number of ether oxygens (including phenoxy) is 1. The number of hydrogen-bond donors (Lipinski definition) is 1. The molecule has 0 radical (unpaired) electrons. The van der Waals surface area contributed by atoms with E-state index in [0.717, 1.165) is 16.3 Å². The number of carboxylic acid groups (broad SMARTS) is 1. The highest BCUT2D eigenvalue weighted by atomic mass is 16.5. The summed E-state index contributed by atoms with van der Waals surface area (Å²) < 4.78 is 16.8. The Hall–Kier alpha value is -3.54. The van der Waals surface area contributed by atoms with Crippen LogP contribution in [0.2, 0.25) is 0 Å². The molecule has 6 heteroatoms. The molecule has 0 aliphatic carbocycles. The third-order valence-corrected chi connectivity index (χ3v) is 4.73. The van der Waals surface area contributed by atoms with Crippen LogP contribution in [-0.4, -0.2) is 11.1 Å². The van der Waals surface area contributed by atoms with E-state index in [1.807, 2.05) is 25.1 Å². The second-order valence-electron chi connectivity index (χ2n) is 6.51. The van der Waals surface area contributed by atoms with Crippen molar-refractivity contribution in [3.8, 4) is 5.75 Å². The first kappa shape index (κ1) is 17.9. The maximum absolute atomic E-state index is 12.3. The van der Waals surface area contributed by atoms with Crippen molar-refractivity contribution in [1.82, 2.24) is 0 Å². The smallest absolute Gasteiger partial charge is 0.371 e. The Bertz CT molecular complexity index is 1250. The van der Waals surface area contributed by atoms with E-state index in [0.29, 0.717) is 28.9 Å². The zero-order valence-electron chi connectivity index (χ0n) is 15.4. The van der Waals surface area contributed by atoms with Crippen molar-refractivity contribution in [3.63, 3.8) is 0 Å². The van der Waals surface area contributed by atoms with Crippen LogP contribution in [-0.2, 0) is 6.42 Å². The molecule has 4 rings (SSSR count). The molecule has 0 spiro atoms. The zero-order valence-corrected chi connectivity index (χ0v) is 15.4. The summed E-state index contributed by atoms with van der Waals surface area (Å²) in [5.41, 5.74) is 0.987. The second kappa shape index (κ2) is 6.88. The minimum absolute atomic E-state index is 0.142. The van der Waals surface area contributed by atoms with Gasteiger partial charge in [0.05, 0.1) is 5.39 Å². The molecule has 2 heterocycles. The second-order valence-corrected chi connectivity index (χ2v) is 6.51. The summed E-state index contributed by atoms with van der Waals surface area (Å²) >= 11 is 0. The van der Waals surface area contributed by atoms with Crippen LogP contribution in [0.15, 0.2) is 62.2 Å². The standard InChI is InChI=1S/C22H18O6/c1-3-13-10-16-14-6-4-5-7-15(14)22(25)28-20(16)11-19(13)26-12(2)17-8-9-18(27-17)21(23)24/h4-12H,3H2,1-2H3,(H,23,24). The fourth-order valence-corrected chi connectivity index (χ4v) is 3.27. The number of hydrogen-bond acceptors (Lipinski definition) is 5. The zero-order chi connectivity index (χ0) is 19.8. The van der Waals surface area contributed by atoms with Gasteiger partial charge in [0.2, 0.25) is 5.76 Å². The van der Waals surface area contributed by atoms with Crippen LogP contribution < -0.4 is 10.4 Å². The van der Waals surface area contributed by atoms with Crippen molar-refractivity contribution in [2.45, 2.75) is 26.4 Å². The Kier molecular flexibility index (Phi) is 4.39. The number of rotatable bonds is 5. The molecule has 2 aromatic heterocycles. The van der Waals surface area contributed by atoms with Crippen molar-refractivity contribution in [3.05, 3.63) is 76.0 Å². The molecular weight excluding hydrogens is 360 g/mol. The van der Waals surface area contributed by atoms with Crippen LogP contribution in [0.5, 0.6) is 5.75 Å². The quantitative estimate of drug-likeness (QED) is 0.391. The van der Waals surface area contributed by atoms with E-state index in [1.54, 1.807) is 31.2 Å². The lowest BCUT2D eigenvalue weighted by molar-refractivity contribution is 0.0655. The third kappa shape index (κ3) is 3.03. The summed E-state index contributed by atoms with van der Waals surface area (Å²) in [6.45, 7) is 3.78. The first-order chi connectivity index (χ1) is 13.5. The lowest BCUT2D eigenvalue weighted by Crippen LogP contribution is -2.05. The number of fused-ring (bicyclic) bond motifs is 3. The highest BCUT2D eigenvalue weighted by molar-refractivity contribution is 6.04. The highest BCUT2D eigenvalue weighted by Gasteiger charge is 2.18.